The molecule has 4 saturated carbocycles. The van der Waals surface area contributed by atoms with Crippen molar-refractivity contribution in [2.45, 2.75) is 76.4 Å². The average Bonchev–Trinajstić information content (AvgIpc) is 3.09. The molecule has 2 bridgehead atoms. The summed E-state index contributed by atoms with van der Waals surface area (Å²) in [6.07, 6.45) is 11.4. The molecule has 4 aliphatic carbocycles. The van der Waals surface area contributed by atoms with Crippen LogP contribution in [0, 0.1) is 34.5 Å². The lowest BCUT2D eigenvalue weighted by atomic mass is 9.43. The van der Waals surface area contributed by atoms with Gasteiger partial charge in [0.1, 0.15) is 0 Å². The number of hydrogen-bond acceptors (Lipinski definition) is 3. The Morgan fingerprint density at radius 2 is 1.96 bits per heavy atom. The standard InChI is InChI=1S/C20H32O3/c1-18-7-5-16-14(6-9-23-16)15(18)4-8-19-10-13(2-3-17(18)19)20(22,11-19)12-21/h13-17,21-22H,2-12H2,1H3/t13?,14-,15?,16+,17?,18-,19+,20+/m1/s1. The molecule has 1 saturated heterocycles. The van der Waals surface area contributed by atoms with Crippen molar-refractivity contribution in [3.63, 3.8) is 0 Å². The lowest BCUT2D eigenvalue weighted by molar-refractivity contribution is -0.141. The fraction of sp³-hybridized carbons (Fsp3) is 1.00. The minimum atomic E-state index is -0.786. The van der Waals surface area contributed by atoms with Gasteiger partial charge in [0.2, 0.25) is 0 Å². The second-order valence-electron chi connectivity index (χ2n) is 9.88. The van der Waals surface area contributed by atoms with Crippen molar-refractivity contribution >= 4 is 0 Å². The Bertz CT molecular complexity index is 507. The first-order chi connectivity index (χ1) is 11.0. The fourth-order valence-corrected chi connectivity index (χ4v) is 8.37. The normalized spacial score (nSPS) is 60.9. The third-order valence-corrected chi connectivity index (χ3v) is 9.23. The fourth-order valence-electron chi connectivity index (χ4n) is 8.37. The third kappa shape index (κ3) is 1.82. The number of hydrogen-bond donors (Lipinski definition) is 2. The first-order valence-corrected chi connectivity index (χ1v) is 9.96. The Balaban J connectivity index is 1.50. The highest BCUT2D eigenvalue weighted by atomic mass is 16.5. The van der Waals surface area contributed by atoms with Gasteiger partial charge in [-0.05, 0) is 92.3 Å². The molecule has 1 spiro atoms. The van der Waals surface area contributed by atoms with E-state index >= 15 is 0 Å². The van der Waals surface area contributed by atoms with Crippen molar-refractivity contribution < 1.29 is 14.9 Å². The largest absolute Gasteiger partial charge is 0.393 e. The second-order valence-corrected chi connectivity index (χ2v) is 9.88. The predicted molar refractivity (Wildman–Crippen MR) is 87.8 cm³/mol. The molecule has 5 rings (SSSR count). The van der Waals surface area contributed by atoms with Crippen molar-refractivity contribution in [3.8, 4) is 0 Å². The van der Waals surface area contributed by atoms with E-state index in [4.69, 9.17) is 4.74 Å². The maximum absolute atomic E-state index is 11.0. The van der Waals surface area contributed by atoms with Crippen LogP contribution in [0.4, 0.5) is 0 Å². The summed E-state index contributed by atoms with van der Waals surface area (Å²) >= 11 is 0. The molecule has 5 aliphatic rings. The maximum Gasteiger partial charge on any atom is 0.0910 e. The van der Waals surface area contributed by atoms with Gasteiger partial charge in [-0.25, -0.2) is 0 Å². The number of aliphatic hydroxyl groups excluding tert-OH is 1. The Morgan fingerprint density at radius 1 is 1.09 bits per heavy atom. The minimum absolute atomic E-state index is 0.0369. The molecule has 23 heavy (non-hydrogen) atoms. The smallest absolute Gasteiger partial charge is 0.0910 e. The first kappa shape index (κ1) is 15.2. The zero-order valence-corrected chi connectivity index (χ0v) is 14.5. The van der Waals surface area contributed by atoms with Crippen molar-refractivity contribution in [1.82, 2.24) is 0 Å². The highest BCUT2D eigenvalue weighted by Gasteiger charge is 2.67. The van der Waals surface area contributed by atoms with Gasteiger partial charge in [-0.3, -0.25) is 0 Å². The van der Waals surface area contributed by atoms with Crippen molar-refractivity contribution in [3.05, 3.63) is 0 Å². The number of fused-ring (bicyclic) bond motifs is 5. The zero-order chi connectivity index (χ0) is 15.9. The molecule has 3 nitrogen and oxygen atoms in total. The van der Waals surface area contributed by atoms with E-state index < -0.39 is 5.60 Å². The van der Waals surface area contributed by atoms with E-state index in [-0.39, 0.29) is 6.61 Å². The summed E-state index contributed by atoms with van der Waals surface area (Å²) in [4.78, 5) is 0. The van der Waals surface area contributed by atoms with Crippen LogP contribution in [0.25, 0.3) is 0 Å². The van der Waals surface area contributed by atoms with E-state index in [1.165, 1.54) is 44.9 Å². The minimum Gasteiger partial charge on any atom is -0.393 e. The van der Waals surface area contributed by atoms with Gasteiger partial charge in [0.15, 0.2) is 0 Å². The van der Waals surface area contributed by atoms with Crippen LogP contribution in [-0.2, 0) is 4.74 Å². The number of aliphatic hydroxyl groups is 2. The van der Waals surface area contributed by atoms with Gasteiger partial charge < -0.3 is 14.9 Å². The lowest BCUT2D eigenvalue weighted by Crippen LogP contribution is -2.55. The topological polar surface area (TPSA) is 49.7 Å². The quantitative estimate of drug-likeness (QED) is 0.780. The molecule has 0 radical (unpaired) electrons. The van der Waals surface area contributed by atoms with Gasteiger partial charge in [0.25, 0.3) is 0 Å². The van der Waals surface area contributed by atoms with E-state index in [0.717, 1.165) is 37.2 Å². The van der Waals surface area contributed by atoms with Crippen LogP contribution < -0.4 is 0 Å². The second kappa shape index (κ2) is 4.74. The van der Waals surface area contributed by atoms with Crippen LogP contribution in [0.15, 0.2) is 0 Å². The van der Waals surface area contributed by atoms with Crippen molar-refractivity contribution in [2.75, 3.05) is 13.2 Å². The average molecular weight is 320 g/mol. The monoisotopic (exact) mass is 320 g/mol. The van der Waals surface area contributed by atoms with Crippen LogP contribution in [0.5, 0.6) is 0 Å². The van der Waals surface area contributed by atoms with E-state index in [1.807, 2.05) is 0 Å². The van der Waals surface area contributed by atoms with Crippen LogP contribution in [0.1, 0.15) is 64.7 Å². The summed E-state index contributed by atoms with van der Waals surface area (Å²) in [6, 6.07) is 0. The van der Waals surface area contributed by atoms with Gasteiger partial charge in [-0.1, -0.05) is 6.92 Å². The molecule has 130 valence electrons. The molecule has 1 aliphatic heterocycles. The molecule has 0 aromatic heterocycles. The third-order valence-electron chi connectivity index (χ3n) is 9.23. The van der Waals surface area contributed by atoms with Crippen molar-refractivity contribution in [2.24, 2.45) is 34.5 Å². The van der Waals surface area contributed by atoms with Gasteiger partial charge >= 0.3 is 0 Å². The molecule has 3 heteroatoms. The van der Waals surface area contributed by atoms with Crippen LogP contribution >= 0.6 is 0 Å². The van der Waals surface area contributed by atoms with Gasteiger partial charge in [-0.2, -0.15) is 0 Å². The Hall–Kier alpha value is -0.120. The molecular weight excluding hydrogens is 288 g/mol. The van der Waals surface area contributed by atoms with E-state index in [9.17, 15) is 10.2 Å². The first-order valence-electron chi connectivity index (χ1n) is 9.96. The summed E-state index contributed by atoms with van der Waals surface area (Å²) in [5.74, 6) is 2.72. The predicted octanol–water partition coefficient (Wildman–Crippen LogP) is 3.13. The molecule has 0 amide bonds. The molecule has 8 atom stereocenters. The highest BCUT2D eigenvalue weighted by Crippen LogP contribution is 2.71. The zero-order valence-electron chi connectivity index (χ0n) is 14.5. The van der Waals surface area contributed by atoms with Gasteiger partial charge in [0, 0.05) is 6.61 Å². The van der Waals surface area contributed by atoms with E-state index in [1.54, 1.807) is 0 Å². The van der Waals surface area contributed by atoms with Crippen LogP contribution in [0.3, 0.4) is 0 Å². The summed E-state index contributed by atoms with van der Waals surface area (Å²) < 4.78 is 6.02. The molecular formula is C20H32O3. The highest BCUT2D eigenvalue weighted by molar-refractivity contribution is 5.16. The molecule has 0 aromatic rings. The Kier molecular flexibility index (Phi) is 3.12. The van der Waals surface area contributed by atoms with Crippen molar-refractivity contribution in [1.29, 1.82) is 0 Å². The Labute approximate surface area is 139 Å². The SMILES string of the molecule is C[C@@]12CC[C@@H]3OCC[C@@H]3C1CC[C@@]13CC(CCC12)[C@@](O)(CO)C3. The van der Waals surface area contributed by atoms with Crippen LogP contribution in [0.2, 0.25) is 0 Å². The summed E-state index contributed by atoms with van der Waals surface area (Å²) in [5, 5.41) is 20.8. The van der Waals surface area contributed by atoms with E-state index in [0.29, 0.717) is 22.9 Å². The Morgan fingerprint density at radius 3 is 2.78 bits per heavy atom. The summed E-state index contributed by atoms with van der Waals surface area (Å²) in [6.45, 7) is 3.52. The van der Waals surface area contributed by atoms with Crippen LogP contribution in [-0.4, -0.2) is 35.1 Å². The molecule has 2 N–H and O–H groups in total. The molecule has 3 unspecified atom stereocenters. The van der Waals surface area contributed by atoms with E-state index in [2.05, 4.69) is 6.92 Å². The lowest BCUT2D eigenvalue weighted by Gasteiger charge is -2.62. The molecule has 0 aromatic carbocycles. The summed E-state index contributed by atoms with van der Waals surface area (Å²) in [5.41, 5.74) is -0.0254. The number of rotatable bonds is 1. The number of ether oxygens (including phenoxy) is 1. The molecule has 1 heterocycles. The molecule has 5 fully saturated rings. The van der Waals surface area contributed by atoms with Gasteiger partial charge in [0.05, 0.1) is 18.3 Å². The maximum atomic E-state index is 11.0. The summed E-state index contributed by atoms with van der Waals surface area (Å²) in [7, 11) is 0. The van der Waals surface area contributed by atoms with Gasteiger partial charge in [-0.15, -0.1) is 0 Å².